The van der Waals surface area contributed by atoms with Crippen LogP contribution in [0.2, 0.25) is 0 Å². The summed E-state index contributed by atoms with van der Waals surface area (Å²) in [5.74, 6) is 0.459. The minimum Gasteiger partial charge on any atom is -0.393 e. The number of hydrogen-bond donors (Lipinski definition) is 2. The number of carbonyl (C=O) groups is 1. The molecule has 2 atom stereocenters. The van der Waals surface area contributed by atoms with E-state index in [1.807, 2.05) is 6.07 Å². The van der Waals surface area contributed by atoms with E-state index in [9.17, 15) is 9.90 Å². The van der Waals surface area contributed by atoms with Crippen LogP contribution in [-0.4, -0.2) is 61.8 Å². The van der Waals surface area contributed by atoms with Gasteiger partial charge in [0.25, 0.3) is 5.91 Å². The Balaban J connectivity index is 1.21. The SMILES string of the molecule is CC(C)(C)[C@H]1CCc2nc3sc(C(=O)N[C@H](CCN4CCC(O)CC4)c4ccc(-c5ccnnc5)cc4)nc3cc2C1. The highest BCUT2D eigenvalue weighted by atomic mass is 32.1. The summed E-state index contributed by atoms with van der Waals surface area (Å²) in [6.07, 6.45) is 8.74. The van der Waals surface area contributed by atoms with Crippen LogP contribution in [-0.2, 0) is 12.8 Å². The van der Waals surface area contributed by atoms with E-state index in [0.29, 0.717) is 10.9 Å². The number of hydrogen-bond acceptors (Lipinski definition) is 8. The van der Waals surface area contributed by atoms with E-state index < -0.39 is 0 Å². The second-order valence-corrected chi connectivity index (χ2v) is 13.9. The average Bonchev–Trinajstić information content (AvgIpc) is 3.41. The molecule has 220 valence electrons. The molecule has 4 aromatic rings. The van der Waals surface area contributed by atoms with Crippen molar-refractivity contribution >= 4 is 27.6 Å². The standard InChI is InChI=1S/C33H40N6O2S/c1-33(2,3)25-8-9-27-24(18-25)19-29-31(37-27)42-32(38-29)30(41)36-28(13-17-39-15-11-26(40)12-16-39)22-6-4-21(5-7-22)23-10-14-34-35-20-23/h4-7,10,14,19-20,25-26,28,40H,8-9,11-13,15-18H2,1-3H3,(H,36,41)/t25-,28+/m0/s1. The third-order valence-corrected chi connectivity index (χ3v) is 9.96. The van der Waals surface area contributed by atoms with Gasteiger partial charge in [-0.25, -0.2) is 9.97 Å². The Labute approximate surface area is 251 Å². The zero-order valence-corrected chi connectivity index (χ0v) is 25.5. The number of aliphatic hydroxyl groups is 1. The molecule has 0 bridgehead atoms. The zero-order chi connectivity index (χ0) is 29.3. The number of aryl methyl sites for hydroxylation is 1. The molecule has 1 aromatic carbocycles. The summed E-state index contributed by atoms with van der Waals surface area (Å²) in [4.78, 5) is 26.6. The second-order valence-electron chi connectivity index (χ2n) is 12.9. The minimum atomic E-state index is -0.204. The molecule has 1 fully saturated rings. The van der Waals surface area contributed by atoms with Crippen LogP contribution in [0.3, 0.4) is 0 Å². The fraction of sp³-hybridized carbons (Fsp3) is 0.485. The third-order valence-electron chi connectivity index (χ3n) is 8.99. The number of piperidine rings is 1. The van der Waals surface area contributed by atoms with Crippen molar-refractivity contribution in [3.8, 4) is 11.1 Å². The van der Waals surface area contributed by atoms with Gasteiger partial charge in [-0.15, -0.1) is 0 Å². The average molecular weight is 585 g/mol. The summed E-state index contributed by atoms with van der Waals surface area (Å²) in [5.41, 5.74) is 6.62. The summed E-state index contributed by atoms with van der Waals surface area (Å²) in [7, 11) is 0. The van der Waals surface area contributed by atoms with E-state index >= 15 is 0 Å². The van der Waals surface area contributed by atoms with Gasteiger partial charge in [0, 0.05) is 30.9 Å². The molecule has 0 radical (unpaired) electrons. The molecule has 1 amide bonds. The summed E-state index contributed by atoms with van der Waals surface area (Å²) >= 11 is 1.38. The van der Waals surface area contributed by atoms with Crippen LogP contribution in [0.5, 0.6) is 0 Å². The number of nitrogens with one attached hydrogen (secondary N) is 1. The van der Waals surface area contributed by atoms with Crippen molar-refractivity contribution in [2.24, 2.45) is 11.3 Å². The number of thiazole rings is 1. The molecule has 3 aromatic heterocycles. The number of nitrogens with zero attached hydrogens (tertiary/aromatic N) is 5. The summed E-state index contributed by atoms with van der Waals surface area (Å²) < 4.78 is 0. The number of pyridine rings is 1. The number of amides is 1. The van der Waals surface area contributed by atoms with Gasteiger partial charge in [-0.3, -0.25) is 4.79 Å². The number of fused-ring (bicyclic) bond motifs is 2. The Kier molecular flexibility index (Phi) is 8.34. The summed E-state index contributed by atoms with van der Waals surface area (Å²) in [6, 6.07) is 12.2. The molecule has 2 N–H and O–H groups in total. The van der Waals surface area contributed by atoms with E-state index in [0.717, 1.165) is 90.9 Å². The molecule has 9 heteroatoms. The van der Waals surface area contributed by atoms with E-state index in [1.54, 1.807) is 12.4 Å². The van der Waals surface area contributed by atoms with Crippen LogP contribution in [0.1, 0.15) is 79.1 Å². The molecule has 42 heavy (non-hydrogen) atoms. The largest absolute Gasteiger partial charge is 0.393 e. The Morgan fingerprint density at radius 1 is 1.07 bits per heavy atom. The first kappa shape index (κ1) is 28.8. The highest BCUT2D eigenvalue weighted by molar-refractivity contribution is 7.19. The molecule has 1 aliphatic heterocycles. The molecule has 0 spiro atoms. The first-order valence-corrected chi connectivity index (χ1v) is 15.9. The van der Waals surface area contributed by atoms with Crippen LogP contribution in [0.4, 0.5) is 0 Å². The Bertz CT molecular complexity index is 1520. The lowest BCUT2D eigenvalue weighted by atomic mass is 9.71. The van der Waals surface area contributed by atoms with Crippen LogP contribution in [0.25, 0.3) is 21.5 Å². The van der Waals surface area contributed by atoms with E-state index in [-0.39, 0.29) is 23.5 Å². The molecule has 0 saturated carbocycles. The highest BCUT2D eigenvalue weighted by Crippen LogP contribution is 2.38. The second kappa shape index (κ2) is 12.1. The molecular formula is C33H40N6O2S. The van der Waals surface area contributed by atoms with Crippen LogP contribution in [0, 0.1) is 11.3 Å². The van der Waals surface area contributed by atoms with Crippen LogP contribution < -0.4 is 5.32 Å². The van der Waals surface area contributed by atoms with Gasteiger partial charge in [-0.2, -0.15) is 10.2 Å². The maximum atomic E-state index is 13.6. The number of aliphatic hydroxyl groups excluding tert-OH is 1. The number of rotatable bonds is 7. The Hall–Kier alpha value is -3.27. The van der Waals surface area contributed by atoms with E-state index in [1.165, 1.54) is 16.9 Å². The van der Waals surface area contributed by atoms with E-state index in [2.05, 4.69) is 71.5 Å². The molecule has 1 saturated heterocycles. The van der Waals surface area contributed by atoms with Crippen molar-refractivity contribution in [2.45, 2.75) is 71.4 Å². The van der Waals surface area contributed by atoms with Gasteiger partial charge in [0.1, 0.15) is 10.3 Å². The van der Waals surface area contributed by atoms with Gasteiger partial charge in [0.15, 0.2) is 5.01 Å². The fourth-order valence-corrected chi connectivity index (χ4v) is 7.06. The number of carbonyl (C=O) groups excluding carboxylic acids is 1. The lowest BCUT2D eigenvalue weighted by Gasteiger charge is -2.34. The summed E-state index contributed by atoms with van der Waals surface area (Å²) in [6.45, 7) is 9.54. The third kappa shape index (κ3) is 6.53. The zero-order valence-electron chi connectivity index (χ0n) is 24.7. The van der Waals surface area contributed by atoms with Gasteiger partial charge in [0.05, 0.1) is 24.5 Å². The van der Waals surface area contributed by atoms with Crippen molar-refractivity contribution in [1.29, 1.82) is 0 Å². The maximum absolute atomic E-state index is 13.6. The predicted molar refractivity (Wildman–Crippen MR) is 166 cm³/mol. The highest BCUT2D eigenvalue weighted by Gasteiger charge is 2.30. The normalized spacial score (nSPS) is 19.0. The van der Waals surface area contributed by atoms with Crippen molar-refractivity contribution in [3.63, 3.8) is 0 Å². The maximum Gasteiger partial charge on any atom is 0.280 e. The molecule has 4 heterocycles. The molecule has 0 unspecified atom stereocenters. The van der Waals surface area contributed by atoms with Gasteiger partial charge in [-0.05, 0) is 78.7 Å². The lowest BCUT2D eigenvalue weighted by molar-refractivity contribution is 0.0795. The van der Waals surface area contributed by atoms with Gasteiger partial charge in [-0.1, -0.05) is 56.4 Å². The quantitative estimate of drug-likeness (QED) is 0.291. The summed E-state index contributed by atoms with van der Waals surface area (Å²) in [5, 5.41) is 21.5. The smallest absolute Gasteiger partial charge is 0.280 e. The molecule has 6 rings (SSSR count). The Morgan fingerprint density at radius 2 is 1.86 bits per heavy atom. The number of benzene rings is 1. The van der Waals surface area contributed by atoms with Gasteiger partial charge < -0.3 is 15.3 Å². The molecule has 8 nitrogen and oxygen atoms in total. The Morgan fingerprint density at radius 3 is 2.57 bits per heavy atom. The van der Waals surface area contributed by atoms with Crippen LogP contribution >= 0.6 is 11.3 Å². The van der Waals surface area contributed by atoms with Crippen LogP contribution in [0.15, 0.2) is 48.8 Å². The van der Waals surface area contributed by atoms with Crippen molar-refractivity contribution in [1.82, 2.24) is 30.4 Å². The number of aromatic nitrogens is 4. The molecule has 2 aliphatic rings. The topological polar surface area (TPSA) is 104 Å². The minimum absolute atomic E-state index is 0.162. The molecule has 1 aliphatic carbocycles. The van der Waals surface area contributed by atoms with Crippen molar-refractivity contribution < 1.29 is 9.90 Å². The fourth-order valence-electron chi connectivity index (χ4n) is 6.21. The van der Waals surface area contributed by atoms with Crippen molar-refractivity contribution in [2.75, 3.05) is 19.6 Å². The number of likely N-dealkylation sites (tertiary alicyclic amines) is 1. The van der Waals surface area contributed by atoms with Gasteiger partial charge in [0.2, 0.25) is 0 Å². The van der Waals surface area contributed by atoms with Crippen molar-refractivity contribution in [3.05, 3.63) is 70.6 Å². The first-order chi connectivity index (χ1) is 20.2. The van der Waals surface area contributed by atoms with Gasteiger partial charge >= 0.3 is 0 Å². The predicted octanol–water partition coefficient (Wildman–Crippen LogP) is 5.62. The lowest BCUT2D eigenvalue weighted by Crippen LogP contribution is -2.38. The first-order valence-electron chi connectivity index (χ1n) is 15.1. The molecular weight excluding hydrogens is 544 g/mol. The monoisotopic (exact) mass is 584 g/mol. The van der Waals surface area contributed by atoms with E-state index in [4.69, 9.17) is 9.97 Å².